The van der Waals surface area contributed by atoms with E-state index in [1.54, 1.807) is 13.0 Å². The lowest BCUT2D eigenvalue weighted by Gasteiger charge is -2.05. The maximum Gasteiger partial charge on any atom is 0.337 e. The first kappa shape index (κ1) is 11.5. The van der Waals surface area contributed by atoms with Crippen molar-refractivity contribution in [2.45, 2.75) is 6.92 Å². The highest BCUT2D eigenvalue weighted by atomic mass is 32.1. The molecule has 0 unspecified atom stereocenters. The van der Waals surface area contributed by atoms with Gasteiger partial charge in [-0.3, -0.25) is 0 Å². The van der Waals surface area contributed by atoms with E-state index in [1.165, 1.54) is 6.07 Å². The molecule has 0 atom stereocenters. The smallest absolute Gasteiger partial charge is 0.337 e. The summed E-state index contributed by atoms with van der Waals surface area (Å²) in [5, 5.41) is 8.90. The molecular formula is C11H11NO2S. The van der Waals surface area contributed by atoms with Crippen molar-refractivity contribution in [2.75, 3.05) is 11.5 Å². The second-order valence-corrected chi connectivity index (χ2v) is 3.35. The third-order valence-electron chi connectivity index (χ3n) is 1.86. The van der Waals surface area contributed by atoms with Gasteiger partial charge in [0.15, 0.2) is 0 Å². The van der Waals surface area contributed by atoms with Gasteiger partial charge in [-0.2, -0.15) is 12.6 Å². The van der Waals surface area contributed by atoms with Crippen LogP contribution in [0.25, 0.3) is 0 Å². The van der Waals surface area contributed by atoms with Crippen LogP contribution in [0.4, 0.5) is 5.69 Å². The van der Waals surface area contributed by atoms with Gasteiger partial charge in [0.25, 0.3) is 0 Å². The van der Waals surface area contributed by atoms with Crippen LogP contribution in [0.15, 0.2) is 12.1 Å². The van der Waals surface area contributed by atoms with E-state index in [9.17, 15) is 4.79 Å². The lowest BCUT2D eigenvalue weighted by molar-refractivity contribution is 0.0698. The molecule has 0 aliphatic carbocycles. The molecule has 0 fully saturated rings. The Hall–Kier alpha value is -1.60. The lowest BCUT2D eigenvalue weighted by atomic mass is 10.0. The van der Waals surface area contributed by atoms with Crippen molar-refractivity contribution >= 4 is 24.3 Å². The third kappa shape index (κ3) is 2.67. The molecule has 0 radical (unpaired) electrons. The number of thiol groups is 1. The minimum Gasteiger partial charge on any atom is -0.478 e. The SMILES string of the molecule is Cc1cc(C#CCS)c(N)c(C(=O)O)c1. The summed E-state index contributed by atoms with van der Waals surface area (Å²) in [6.07, 6.45) is 0. The molecule has 0 saturated carbocycles. The Morgan fingerprint density at radius 1 is 1.60 bits per heavy atom. The van der Waals surface area contributed by atoms with Gasteiger partial charge in [-0.1, -0.05) is 11.8 Å². The topological polar surface area (TPSA) is 63.3 Å². The fraction of sp³-hybridized carbons (Fsp3) is 0.182. The largest absolute Gasteiger partial charge is 0.478 e. The molecule has 15 heavy (non-hydrogen) atoms. The van der Waals surface area contributed by atoms with Gasteiger partial charge >= 0.3 is 5.97 Å². The van der Waals surface area contributed by atoms with Crippen molar-refractivity contribution in [1.29, 1.82) is 0 Å². The van der Waals surface area contributed by atoms with E-state index >= 15 is 0 Å². The van der Waals surface area contributed by atoms with Crippen LogP contribution in [0.2, 0.25) is 0 Å². The fourth-order valence-corrected chi connectivity index (χ4v) is 1.29. The molecule has 0 heterocycles. The van der Waals surface area contributed by atoms with E-state index in [-0.39, 0.29) is 11.3 Å². The molecular weight excluding hydrogens is 210 g/mol. The van der Waals surface area contributed by atoms with Crippen molar-refractivity contribution in [2.24, 2.45) is 0 Å². The van der Waals surface area contributed by atoms with Gasteiger partial charge in [-0.25, -0.2) is 4.79 Å². The Bertz CT molecular complexity index is 458. The van der Waals surface area contributed by atoms with Crippen molar-refractivity contribution in [1.82, 2.24) is 0 Å². The van der Waals surface area contributed by atoms with Gasteiger partial charge in [0.1, 0.15) is 0 Å². The Labute approximate surface area is 93.7 Å². The predicted molar refractivity (Wildman–Crippen MR) is 63.3 cm³/mol. The summed E-state index contributed by atoms with van der Waals surface area (Å²) >= 11 is 3.95. The maximum atomic E-state index is 10.9. The molecule has 0 saturated heterocycles. The van der Waals surface area contributed by atoms with Gasteiger partial charge in [0.2, 0.25) is 0 Å². The van der Waals surface area contributed by atoms with E-state index in [0.29, 0.717) is 11.3 Å². The molecule has 3 N–H and O–H groups in total. The van der Waals surface area contributed by atoms with Crippen LogP contribution in [-0.4, -0.2) is 16.8 Å². The molecule has 0 bridgehead atoms. The second-order valence-electron chi connectivity index (χ2n) is 3.04. The highest BCUT2D eigenvalue weighted by Crippen LogP contribution is 2.19. The second kappa shape index (κ2) is 4.76. The zero-order valence-electron chi connectivity index (χ0n) is 8.24. The third-order valence-corrected chi connectivity index (χ3v) is 2.01. The summed E-state index contributed by atoms with van der Waals surface area (Å²) in [5.74, 6) is 4.90. The monoisotopic (exact) mass is 221 g/mol. The van der Waals surface area contributed by atoms with Crippen molar-refractivity contribution in [3.63, 3.8) is 0 Å². The number of hydrogen-bond donors (Lipinski definition) is 3. The first-order valence-electron chi connectivity index (χ1n) is 4.29. The number of anilines is 1. The predicted octanol–water partition coefficient (Wildman–Crippen LogP) is 1.56. The van der Waals surface area contributed by atoms with Crippen LogP contribution >= 0.6 is 12.6 Å². The molecule has 3 nitrogen and oxygen atoms in total. The number of rotatable bonds is 1. The van der Waals surface area contributed by atoms with Crippen molar-refractivity contribution in [3.05, 3.63) is 28.8 Å². The fourth-order valence-electron chi connectivity index (χ4n) is 1.21. The number of aromatic carboxylic acids is 1. The molecule has 1 aromatic rings. The number of carboxylic acids is 1. The van der Waals surface area contributed by atoms with Gasteiger partial charge in [0.05, 0.1) is 17.0 Å². The standard InChI is InChI=1S/C11H11NO2S/c1-7-5-8(3-2-4-15)10(12)9(6-7)11(13)14/h5-6,15H,4,12H2,1H3,(H,13,14). The minimum absolute atomic E-state index is 0.0958. The number of nitrogens with two attached hydrogens (primary N) is 1. The van der Waals surface area contributed by atoms with E-state index in [4.69, 9.17) is 10.8 Å². The molecule has 0 aliphatic heterocycles. The summed E-state index contributed by atoms with van der Waals surface area (Å²) in [5.41, 5.74) is 7.36. The summed E-state index contributed by atoms with van der Waals surface area (Å²) < 4.78 is 0. The van der Waals surface area contributed by atoms with Crippen LogP contribution < -0.4 is 5.73 Å². The van der Waals surface area contributed by atoms with E-state index in [1.807, 2.05) is 0 Å². The highest BCUT2D eigenvalue weighted by Gasteiger charge is 2.11. The summed E-state index contributed by atoms with van der Waals surface area (Å²) in [6.45, 7) is 1.80. The minimum atomic E-state index is -1.04. The number of nitrogen functional groups attached to an aromatic ring is 1. The van der Waals surface area contributed by atoms with Gasteiger partial charge < -0.3 is 10.8 Å². The summed E-state index contributed by atoms with van der Waals surface area (Å²) in [6, 6.07) is 3.29. The van der Waals surface area contributed by atoms with Crippen LogP contribution in [0.5, 0.6) is 0 Å². The number of hydrogen-bond acceptors (Lipinski definition) is 3. The number of aryl methyl sites for hydroxylation is 1. The molecule has 0 aliphatic rings. The summed E-state index contributed by atoms with van der Waals surface area (Å²) in [4.78, 5) is 10.9. The van der Waals surface area contributed by atoms with Crippen LogP contribution in [0, 0.1) is 18.8 Å². The Kier molecular flexibility index (Phi) is 3.64. The average Bonchev–Trinajstić information content (AvgIpc) is 2.18. The average molecular weight is 221 g/mol. The van der Waals surface area contributed by atoms with Gasteiger partial charge in [-0.05, 0) is 24.6 Å². The molecule has 1 aromatic carbocycles. The first-order valence-corrected chi connectivity index (χ1v) is 4.92. The van der Waals surface area contributed by atoms with Crippen molar-refractivity contribution < 1.29 is 9.90 Å². The lowest BCUT2D eigenvalue weighted by Crippen LogP contribution is -2.05. The van der Waals surface area contributed by atoms with Gasteiger partial charge in [-0.15, -0.1) is 0 Å². The van der Waals surface area contributed by atoms with E-state index in [0.717, 1.165) is 5.56 Å². The summed E-state index contributed by atoms with van der Waals surface area (Å²) in [7, 11) is 0. The van der Waals surface area contributed by atoms with Crippen LogP contribution in [0.1, 0.15) is 21.5 Å². The Morgan fingerprint density at radius 3 is 2.80 bits per heavy atom. The number of carboxylic acid groups (broad SMARTS) is 1. The molecule has 1 rings (SSSR count). The maximum absolute atomic E-state index is 10.9. The zero-order chi connectivity index (χ0) is 11.4. The zero-order valence-corrected chi connectivity index (χ0v) is 9.14. The molecule has 0 amide bonds. The molecule has 4 heteroatoms. The molecule has 0 aromatic heterocycles. The van der Waals surface area contributed by atoms with Gasteiger partial charge in [0, 0.05) is 5.56 Å². The number of benzene rings is 1. The molecule has 0 spiro atoms. The number of carbonyl (C=O) groups is 1. The molecule has 78 valence electrons. The Balaban J connectivity index is 3.34. The van der Waals surface area contributed by atoms with Crippen molar-refractivity contribution in [3.8, 4) is 11.8 Å². The highest BCUT2D eigenvalue weighted by molar-refractivity contribution is 7.80. The van der Waals surface area contributed by atoms with Crippen LogP contribution in [0.3, 0.4) is 0 Å². The quantitative estimate of drug-likeness (QED) is 0.383. The normalized spacial score (nSPS) is 9.20. The van der Waals surface area contributed by atoms with E-state index < -0.39 is 5.97 Å². The van der Waals surface area contributed by atoms with E-state index in [2.05, 4.69) is 24.5 Å². The Morgan fingerprint density at radius 2 is 2.27 bits per heavy atom. The van der Waals surface area contributed by atoms with Crippen LogP contribution in [-0.2, 0) is 0 Å². The first-order chi connectivity index (χ1) is 7.06.